The normalized spacial score (nSPS) is 10.7. The van der Waals surface area contributed by atoms with E-state index in [1.54, 1.807) is 0 Å². The smallest absolute Gasteiger partial charge is 0.258 e. The van der Waals surface area contributed by atoms with Gasteiger partial charge in [-0.15, -0.1) is 11.6 Å². The van der Waals surface area contributed by atoms with Crippen LogP contribution in [0.1, 0.15) is 17.7 Å². The summed E-state index contributed by atoms with van der Waals surface area (Å²) in [6.07, 6.45) is -2.44. The van der Waals surface area contributed by atoms with Crippen molar-refractivity contribution < 1.29 is 18.1 Å². The molecule has 0 aromatic carbocycles. The van der Waals surface area contributed by atoms with Crippen molar-refractivity contribution in [1.82, 2.24) is 4.98 Å². The number of nitro groups is 1. The first-order chi connectivity index (χ1) is 6.99. The van der Waals surface area contributed by atoms with Crippen molar-refractivity contribution in [1.29, 1.82) is 0 Å². The first kappa shape index (κ1) is 11.7. The molecule has 8 heteroatoms. The Labute approximate surface area is 86.8 Å². The van der Waals surface area contributed by atoms with E-state index in [1.807, 2.05) is 0 Å². The second-order valence-corrected chi connectivity index (χ2v) is 2.79. The Hall–Kier alpha value is -1.37. The zero-order chi connectivity index (χ0) is 11.6. The lowest BCUT2D eigenvalue weighted by Crippen LogP contribution is -2.04. The van der Waals surface area contributed by atoms with E-state index in [9.17, 15) is 23.3 Å². The first-order valence-electron chi connectivity index (χ1n) is 3.64. The van der Waals surface area contributed by atoms with E-state index >= 15 is 0 Å². The largest absolute Gasteiger partial charge is 0.332 e. The van der Waals surface area contributed by atoms with Gasteiger partial charge in [0.25, 0.3) is 6.43 Å². The molecule has 0 bridgehead atoms. The Bertz CT molecular complexity index is 400. The molecule has 15 heavy (non-hydrogen) atoms. The molecule has 0 aliphatic carbocycles. The Balaban J connectivity index is 3.44. The van der Waals surface area contributed by atoms with Crippen LogP contribution in [0.15, 0.2) is 6.20 Å². The van der Waals surface area contributed by atoms with Crippen LogP contribution in [-0.4, -0.2) is 9.91 Å². The van der Waals surface area contributed by atoms with Gasteiger partial charge >= 0.3 is 5.69 Å². The molecule has 1 heterocycles. The Morgan fingerprint density at radius 2 is 2.20 bits per heavy atom. The summed E-state index contributed by atoms with van der Waals surface area (Å²) in [5.41, 5.74) is -2.79. The Morgan fingerprint density at radius 1 is 1.60 bits per heavy atom. The number of alkyl halides is 3. The van der Waals surface area contributed by atoms with E-state index in [4.69, 9.17) is 11.6 Å². The van der Waals surface area contributed by atoms with Crippen molar-refractivity contribution in [2.24, 2.45) is 0 Å². The molecule has 1 rings (SSSR count). The van der Waals surface area contributed by atoms with Gasteiger partial charge in [0.2, 0.25) is 5.82 Å². The molecule has 1 aromatic rings. The van der Waals surface area contributed by atoms with Crippen molar-refractivity contribution in [2.75, 3.05) is 0 Å². The van der Waals surface area contributed by atoms with Crippen molar-refractivity contribution >= 4 is 17.3 Å². The van der Waals surface area contributed by atoms with Gasteiger partial charge in [-0.25, -0.2) is 13.8 Å². The predicted octanol–water partition coefficient (Wildman–Crippen LogP) is 2.81. The van der Waals surface area contributed by atoms with Gasteiger partial charge in [0.05, 0.1) is 10.8 Å². The van der Waals surface area contributed by atoms with Crippen molar-refractivity contribution in [3.8, 4) is 0 Å². The van der Waals surface area contributed by atoms with Crippen LogP contribution in [0.4, 0.5) is 18.9 Å². The molecule has 0 fully saturated rings. The van der Waals surface area contributed by atoms with Gasteiger partial charge in [0.15, 0.2) is 5.69 Å². The Morgan fingerprint density at radius 3 is 2.60 bits per heavy atom. The summed E-state index contributed by atoms with van der Waals surface area (Å²) < 4.78 is 37.7. The van der Waals surface area contributed by atoms with Crippen LogP contribution < -0.4 is 0 Å². The van der Waals surface area contributed by atoms with Gasteiger partial charge in [-0.3, -0.25) is 10.1 Å². The highest BCUT2D eigenvalue weighted by Gasteiger charge is 2.29. The summed E-state index contributed by atoms with van der Waals surface area (Å²) in [7, 11) is 0. The topological polar surface area (TPSA) is 56.0 Å². The van der Waals surface area contributed by atoms with E-state index in [1.165, 1.54) is 0 Å². The monoisotopic (exact) mass is 240 g/mol. The van der Waals surface area contributed by atoms with Gasteiger partial charge in [0, 0.05) is 11.8 Å². The second kappa shape index (κ2) is 4.43. The standard InChI is InChI=1S/C7H4ClF3N2O2/c8-1-3-2-12-5(7(10)11)6(4(3)9)13(14)15/h2,7H,1H2. The second-order valence-electron chi connectivity index (χ2n) is 2.52. The molecule has 0 unspecified atom stereocenters. The fourth-order valence-electron chi connectivity index (χ4n) is 0.956. The third kappa shape index (κ3) is 2.17. The summed E-state index contributed by atoms with van der Waals surface area (Å²) in [6.45, 7) is 0. The van der Waals surface area contributed by atoms with Gasteiger partial charge in [0.1, 0.15) is 0 Å². The molecule has 0 N–H and O–H groups in total. The maximum absolute atomic E-state index is 13.2. The first-order valence-corrected chi connectivity index (χ1v) is 4.18. The summed E-state index contributed by atoms with van der Waals surface area (Å²) >= 11 is 5.25. The third-order valence-electron chi connectivity index (χ3n) is 1.63. The number of halogens is 4. The van der Waals surface area contributed by atoms with E-state index in [2.05, 4.69) is 4.98 Å². The fraction of sp³-hybridized carbons (Fsp3) is 0.286. The maximum atomic E-state index is 13.2. The predicted molar refractivity (Wildman–Crippen MR) is 45.4 cm³/mol. The van der Waals surface area contributed by atoms with E-state index in [0.29, 0.717) is 0 Å². The summed E-state index contributed by atoms with van der Waals surface area (Å²) in [5.74, 6) is -1.73. The fourth-order valence-corrected chi connectivity index (χ4v) is 1.14. The molecule has 0 aliphatic heterocycles. The molecular formula is C7H4ClF3N2O2. The molecule has 0 atom stereocenters. The molecule has 0 amide bonds. The molecular weight excluding hydrogens is 237 g/mol. The number of rotatable bonds is 3. The van der Waals surface area contributed by atoms with Crippen LogP contribution in [0.25, 0.3) is 0 Å². The van der Waals surface area contributed by atoms with Gasteiger partial charge in [-0.1, -0.05) is 0 Å². The molecule has 0 saturated carbocycles. The quantitative estimate of drug-likeness (QED) is 0.464. The average molecular weight is 241 g/mol. The third-order valence-corrected chi connectivity index (χ3v) is 1.91. The van der Waals surface area contributed by atoms with E-state index < -0.39 is 28.5 Å². The van der Waals surface area contributed by atoms with Crippen molar-refractivity contribution in [3.63, 3.8) is 0 Å². The zero-order valence-corrected chi connectivity index (χ0v) is 7.84. The minimum absolute atomic E-state index is 0.284. The van der Waals surface area contributed by atoms with Gasteiger partial charge in [-0.05, 0) is 0 Å². The number of nitrogens with zero attached hydrogens (tertiary/aromatic N) is 2. The number of pyridine rings is 1. The number of hydrogen-bond acceptors (Lipinski definition) is 3. The highest BCUT2D eigenvalue weighted by Crippen LogP contribution is 2.31. The summed E-state index contributed by atoms with van der Waals surface area (Å²) in [6, 6.07) is 0. The zero-order valence-electron chi connectivity index (χ0n) is 7.08. The van der Waals surface area contributed by atoms with Gasteiger partial charge in [-0.2, -0.15) is 4.39 Å². The number of aromatic nitrogens is 1. The molecule has 82 valence electrons. The molecule has 0 radical (unpaired) electrons. The van der Waals surface area contributed by atoms with Gasteiger partial charge < -0.3 is 0 Å². The Kier molecular flexibility index (Phi) is 3.46. The summed E-state index contributed by atoms with van der Waals surface area (Å²) in [4.78, 5) is 12.2. The van der Waals surface area contributed by atoms with E-state index in [-0.39, 0.29) is 11.4 Å². The summed E-state index contributed by atoms with van der Waals surface area (Å²) in [5, 5.41) is 10.4. The SMILES string of the molecule is O=[N+]([O-])c1c(C(F)F)ncc(CCl)c1F. The van der Waals surface area contributed by atoms with Crippen LogP contribution >= 0.6 is 11.6 Å². The van der Waals surface area contributed by atoms with Crippen LogP contribution in [0, 0.1) is 15.9 Å². The molecule has 0 saturated heterocycles. The highest BCUT2D eigenvalue weighted by atomic mass is 35.5. The molecule has 1 aromatic heterocycles. The van der Waals surface area contributed by atoms with Crippen LogP contribution in [0.3, 0.4) is 0 Å². The highest BCUT2D eigenvalue weighted by molar-refractivity contribution is 6.17. The average Bonchev–Trinajstić information content (AvgIpc) is 2.16. The van der Waals surface area contributed by atoms with Crippen LogP contribution in [0.5, 0.6) is 0 Å². The lowest BCUT2D eigenvalue weighted by Gasteiger charge is -2.04. The van der Waals surface area contributed by atoms with Crippen LogP contribution in [-0.2, 0) is 5.88 Å². The number of hydrogen-bond donors (Lipinski definition) is 0. The van der Waals surface area contributed by atoms with Crippen molar-refractivity contribution in [2.45, 2.75) is 12.3 Å². The minimum Gasteiger partial charge on any atom is -0.258 e. The lowest BCUT2D eigenvalue weighted by atomic mass is 10.2. The maximum Gasteiger partial charge on any atom is 0.332 e. The molecule has 4 nitrogen and oxygen atoms in total. The minimum atomic E-state index is -3.20. The van der Waals surface area contributed by atoms with Crippen molar-refractivity contribution in [3.05, 3.63) is 33.4 Å². The van der Waals surface area contributed by atoms with Crippen LogP contribution in [0.2, 0.25) is 0 Å². The lowest BCUT2D eigenvalue weighted by molar-refractivity contribution is -0.389. The molecule has 0 spiro atoms. The van der Waals surface area contributed by atoms with E-state index in [0.717, 1.165) is 6.20 Å². The molecule has 0 aliphatic rings.